The molecule has 0 saturated heterocycles. The number of rotatable bonds is 4. The average Bonchev–Trinajstić information content (AvgIpc) is 2.15. The van der Waals surface area contributed by atoms with Crippen LogP contribution in [0.1, 0.15) is 55.4 Å². The Balaban J connectivity index is -0.000000218. The Bertz CT molecular complexity index is 183. The van der Waals surface area contributed by atoms with Crippen molar-refractivity contribution < 1.29 is 36.8 Å². The second kappa shape index (κ2) is 12.4. The number of hydrogen-bond acceptors (Lipinski definition) is 2. The third-order valence-corrected chi connectivity index (χ3v) is 6.83. The second-order valence-electron chi connectivity index (χ2n) is 5.42. The maximum atomic E-state index is 11.0. The van der Waals surface area contributed by atoms with Gasteiger partial charge in [-0.15, -0.1) is 0 Å². The fraction of sp³-hybridized carbons (Fsp3) is 1.00. The first kappa shape index (κ1) is 23.5. The molecule has 0 radical (unpaired) electrons. The van der Waals surface area contributed by atoms with Crippen molar-refractivity contribution >= 4 is 15.6 Å². The first-order valence-electron chi connectivity index (χ1n) is 6.18. The van der Waals surface area contributed by atoms with Crippen LogP contribution in [-0.4, -0.2) is 22.6 Å². The van der Waals surface area contributed by atoms with Gasteiger partial charge in [-0.05, 0) is 0 Å². The van der Waals surface area contributed by atoms with Gasteiger partial charge >= 0.3 is 0 Å². The molecule has 0 aliphatic carbocycles. The summed E-state index contributed by atoms with van der Waals surface area (Å²) in [7, 11) is -2.55. The van der Waals surface area contributed by atoms with E-state index in [1.807, 2.05) is 55.4 Å². The van der Waals surface area contributed by atoms with Crippen LogP contribution >= 0.6 is 15.6 Å². The van der Waals surface area contributed by atoms with Crippen LogP contribution in [0.25, 0.3) is 0 Å². The Hall–Kier alpha value is 1.40. The van der Waals surface area contributed by atoms with E-state index >= 15 is 0 Å². The molecular formula is C12H30HgO2P2. The topological polar surface area (TPSA) is 34.1 Å². The van der Waals surface area contributed by atoms with Crippen LogP contribution in [-0.2, 0) is 36.8 Å². The van der Waals surface area contributed by atoms with E-state index in [4.69, 9.17) is 0 Å². The molecule has 0 atom stereocenters. The Kier molecular flexibility index (Phi) is 17.2. The average molecular weight is 469 g/mol. The van der Waals surface area contributed by atoms with Gasteiger partial charge in [0.1, 0.15) is 0 Å². The van der Waals surface area contributed by atoms with Gasteiger partial charge in [-0.25, -0.2) is 0 Å². The molecule has 0 fully saturated rings. The summed E-state index contributed by atoms with van der Waals surface area (Å²) in [6.45, 7) is 16.1. The Morgan fingerprint density at radius 1 is 0.529 bits per heavy atom. The van der Waals surface area contributed by atoms with Gasteiger partial charge < -0.3 is 9.13 Å². The maximum Gasteiger partial charge on any atom is 0.0809 e. The molecule has 0 aromatic carbocycles. The zero-order valence-corrected chi connectivity index (χ0v) is 20.3. The summed E-state index contributed by atoms with van der Waals surface area (Å²) >= 11 is 0. The van der Waals surface area contributed by atoms with Gasteiger partial charge in [0.2, 0.25) is 0 Å². The minimum absolute atomic E-state index is 0. The predicted octanol–water partition coefficient (Wildman–Crippen LogP) is 4.72. The molecule has 0 aromatic heterocycles. The number of hydrogen-bond donors (Lipinski definition) is 0. The molecule has 0 spiro atoms. The molecule has 17 heavy (non-hydrogen) atoms. The van der Waals surface area contributed by atoms with Gasteiger partial charge in [-0.3, -0.25) is 0 Å². The van der Waals surface area contributed by atoms with Crippen molar-refractivity contribution in [1.82, 2.24) is 0 Å². The summed E-state index contributed by atoms with van der Waals surface area (Å²) in [5, 5.41) is 0. The molecule has 0 N–H and O–H groups in total. The van der Waals surface area contributed by atoms with Gasteiger partial charge in [0, 0.05) is 50.3 Å². The predicted molar refractivity (Wildman–Crippen MR) is 78.5 cm³/mol. The monoisotopic (exact) mass is 470 g/mol. The smallest absolute Gasteiger partial charge is 0.0809 e. The van der Waals surface area contributed by atoms with Crippen LogP contribution in [0, 0.1) is 0 Å². The van der Waals surface area contributed by atoms with E-state index in [9.17, 15) is 9.13 Å². The Morgan fingerprint density at radius 2 is 0.647 bits per heavy atom. The molecule has 0 unspecified atom stereocenters. The normalized spacial score (nSPS) is 11.2. The summed E-state index contributed by atoms with van der Waals surface area (Å²) in [4.78, 5) is 0. The van der Waals surface area contributed by atoms with Crippen LogP contribution in [0.15, 0.2) is 0 Å². The van der Waals surface area contributed by atoms with Crippen molar-refractivity contribution in [2.45, 2.75) is 78.0 Å². The van der Waals surface area contributed by atoms with E-state index in [0.717, 1.165) is 0 Å². The van der Waals surface area contributed by atoms with E-state index in [1.165, 1.54) is 0 Å². The van der Waals surface area contributed by atoms with E-state index in [0.29, 0.717) is 22.6 Å². The summed E-state index contributed by atoms with van der Waals surface area (Å²) in [5.74, 6) is 0. The van der Waals surface area contributed by atoms with Crippen molar-refractivity contribution in [2.24, 2.45) is 0 Å². The van der Waals surface area contributed by atoms with Gasteiger partial charge in [-0.2, -0.15) is 0 Å². The fourth-order valence-electron chi connectivity index (χ4n) is 1.33. The molecule has 0 rings (SSSR count). The molecule has 0 bridgehead atoms. The van der Waals surface area contributed by atoms with E-state index in [-0.39, 0.29) is 27.7 Å². The molecule has 2 nitrogen and oxygen atoms in total. The van der Waals surface area contributed by atoms with Crippen molar-refractivity contribution in [3.63, 3.8) is 0 Å². The first-order chi connectivity index (χ1) is 7.11. The van der Waals surface area contributed by atoms with Crippen molar-refractivity contribution in [1.29, 1.82) is 0 Å². The summed E-state index contributed by atoms with van der Waals surface area (Å²) in [6, 6.07) is 0. The zero-order valence-electron chi connectivity index (χ0n) is 12.8. The minimum Gasteiger partial charge on any atom is -0.326 e. The van der Waals surface area contributed by atoms with Crippen LogP contribution in [0.3, 0.4) is 0 Å². The van der Waals surface area contributed by atoms with Gasteiger partial charge in [-0.1, -0.05) is 55.4 Å². The van der Waals surface area contributed by atoms with Crippen molar-refractivity contribution in [3.05, 3.63) is 0 Å². The van der Waals surface area contributed by atoms with Gasteiger partial charge in [0.05, 0.1) is 15.6 Å². The molecule has 0 amide bonds. The van der Waals surface area contributed by atoms with Crippen LogP contribution in [0.4, 0.5) is 0 Å². The van der Waals surface area contributed by atoms with Crippen LogP contribution in [0.2, 0.25) is 0 Å². The zero-order chi connectivity index (χ0) is 13.5. The van der Waals surface area contributed by atoms with Crippen LogP contribution in [0.5, 0.6) is 0 Å². The summed E-state index contributed by atoms with van der Waals surface area (Å²) in [6.07, 6.45) is 0. The first-order valence-corrected chi connectivity index (χ1v) is 9.31. The fourth-order valence-corrected chi connectivity index (χ4v) is 4.00. The second-order valence-corrected chi connectivity index (χ2v) is 11.7. The quantitative estimate of drug-likeness (QED) is 0.442. The molecule has 0 saturated carbocycles. The Morgan fingerprint density at radius 3 is 0.647 bits per heavy atom. The molecule has 0 aromatic rings. The van der Waals surface area contributed by atoms with Crippen molar-refractivity contribution in [3.8, 4) is 0 Å². The molecule has 0 heterocycles. The Labute approximate surface area is 130 Å². The maximum absolute atomic E-state index is 11.0. The largest absolute Gasteiger partial charge is 0.326 e. The van der Waals surface area contributed by atoms with Crippen molar-refractivity contribution in [2.75, 3.05) is 0 Å². The van der Waals surface area contributed by atoms with E-state index in [1.54, 1.807) is 0 Å². The summed E-state index contributed by atoms with van der Waals surface area (Å²) in [5.41, 5.74) is 1.56. The third kappa shape index (κ3) is 13.6. The molecule has 5 heteroatoms. The molecule has 102 valence electrons. The SMILES string of the molecule is CC(C)[PH](=O)C(C)C.CC(C)[PH](=O)C(C)C.[Hg]. The third-order valence-electron chi connectivity index (χ3n) is 2.28. The van der Waals surface area contributed by atoms with E-state index in [2.05, 4.69) is 0 Å². The summed E-state index contributed by atoms with van der Waals surface area (Å²) < 4.78 is 22.1. The standard InChI is InChI=1S/2C6H15OP.Hg/c2*1-5(2)8(7)6(3)4;/h2*5-6,8H,1-4H3;. The van der Waals surface area contributed by atoms with E-state index < -0.39 is 15.6 Å². The van der Waals surface area contributed by atoms with Crippen LogP contribution < -0.4 is 0 Å². The minimum atomic E-state index is -1.27. The molecule has 0 aliphatic heterocycles. The van der Waals surface area contributed by atoms with Gasteiger partial charge in [0.25, 0.3) is 0 Å². The van der Waals surface area contributed by atoms with Gasteiger partial charge in [0.15, 0.2) is 0 Å². The molecule has 0 aliphatic rings. The molecular weight excluding hydrogens is 439 g/mol.